The van der Waals surface area contributed by atoms with Crippen molar-refractivity contribution in [3.05, 3.63) is 34.9 Å². The maximum absolute atomic E-state index is 12.4. The molecule has 1 aromatic carbocycles. The molecule has 0 aliphatic carbocycles. The van der Waals surface area contributed by atoms with Crippen LogP contribution in [0.15, 0.2) is 24.3 Å². The lowest BCUT2D eigenvalue weighted by atomic mass is 9.90. The summed E-state index contributed by atoms with van der Waals surface area (Å²) in [5.41, 5.74) is -0.00983. The van der Waals surface area contributed by atoms with Crippen LogP contribution in [0.4, 0.5) is 4.79 Å². The molecule has 1 amide bonds. The van der Waals surface area contributed by atoms with Gasteiger partial charge in [0.05, 0.1) is 6.04 Å². The number of rotatable bonds is 3. The zero-order valence-electron chi connectivity index (χ0n) is 13.6. The number of aliphatic carboxylic acids is 1. The second-order valence-corrected chi connectivity index (χ2v) is 7.19. The summed E-state index contributed by atoms with van der Waals surface area (Å²) in [5.74, 6) is -1.78. The summed E-state index contributed by atoms with van der Waals surface area (Å²) in [6, 6.07) is 6.37. The molecular formula is C17H22ClNO4. The Morgan fingerprint density at radius 1 is 1.39 bits per heavy atom. The standard InChI is InChI=1S/C17H22ClNO4/c1-17(2,3)23-16(22)19-9-5-8-13(19)14(15(20)21)11-6-4-7-12(18)10-11/h4,6-7,10,13-14H,5,8-9H2,1-3H3,(H,20,21)/t13-,14-/m0/s1. The predicted molar refractivity (Wildman–Crippen MR) is 87.8 cm³/mol. The van der Waals surface area contributed by atoms with E-state index < -0.39 is 29.6 Å². The molecule has 126 valence electrons. The van der Waals surface area contributed by atoms with Crippen LogP contribution in [0.25, 0.3) is 0 Å². The van der Waals surface area contributed by atoms with Crippen LogP contribution in [0.1, 0.15) is 45.1 Å². The molecule has 23 heavy (non-hydrogen) atoms. The smallest absolute Gasteiger partial charge is 0.410 e. The molecule has 0 aromatic heterocycles. The van der Waals surface area contributed by atoms with Crippen molar-refractivity contribution in [1.82, 2.24) is 4.90 Å². The van der Waals surface area contributed by atoms with Crippen molar-refractivity contribution in [1.29, 1.82) is 0 Å². The van der Waals surface area contributed by atoms with Crippen molar-refractivity contribution in [3.8, 4) is 0 Å². The topological polar surface area (TPSA) is 66.8 Å². The number of carbonyl (C=O) groups is 2. The third-order valence-electron chi connectivity index (χ3n) is 3.79. The molecule has 2 rings (SSSR count). The number of benzene rings is 1. The minimum absolute atomic E-state index is 0.430. The maximum atomic E-state index is 12.4. The number of carbonyl (C=O) groups excluding carboxylic acids is 1. The fourth-order valence-corrected chi connectivity index (χ4v) is 3.11. The quantitative estimate of drug-likeness (QED) is 0.906. The number of hydrogen-bond acceptors (Lipinski definition) is 3. The Labute approximate surface area is 141 Å². The van der Waals surface area contributed by atoms with Gasteiger partial charge in [-0.05, 0) is 51.3 Å². The van der Waals surface area contributed by atoms with E-state index in [4.69, 9.17) is 16.3 Å². The second-order valence-electron chi connectivity index (χ2n) is 6.75. The van der Waals surface area contributed by atoms with Gasteiger partial charge in [-0.3, -0.25) is 4.79 Å². The zero-order valence-corrected chi connectivity index (χ0v) is 14.3. The summed E-state index contributed by atoms with van der Waals surface area (Å²) < 4.78 is 5.41. The van der Waals surface area contributed by atoms with E-state index in [0.717, 1.165) is 6.42 Å². The van der Waals surface area contributed by atoms with Gasteiger partial charge in [0, 0.05) is 11.6 Å². The third kappa shape index (κ3) is 4.38. The SMILES string of the molecule is CC(C)(C)OC(=O)N1CCC[C@H]1[C@@H](C(=O)O)c1cccc(Cl)c1. The predicted octanol–water partition coefficient (Wildman–Crippen LogP) is 3.91. The van der Waals surface area contributed by atoms with E-state index in [1.54, 1.807) is 45.0 Å². The van der Waals surface area contributed by atoms with E-state index in [0.29, 0.717) is 23.6 Å². The first-order valence-electron chi connectivity index (χ1n) is 7.67. The lowest BCUT2D eigenvalue weighted by Crippen LogP contribution is -2.44. The summed E-state index contributed by atoms with van der Waals surface area (Å²) >= 11 is 5.99. The first kappa shape index (κ1) is 17.6. The fraction of sp³-hybridized carbons (Fsp3) is 0.529. The highest BCUT2D eigenvalue weighted by molar-refractivity contribution is 6.30. The van der Waals surface area contributed by atoms with Crippen molar-refractivity contribution in [2.75, 3.05) is 6.54 Å². The van der Waals surface area contributed by atoms with Gasteiger partial charge in [0.15, 0.2) is 0 Å². The molecule has 0 bridgehead atoms. The van der Waals surface area contributed by atoms with Gasteiger partial charge in [0.2, 0.25) is 0 Å². The summed E-state index contributed by atoms with van der Waals surface area (Å²) in [4.78, 5) is 25.7. The Hall–Kier alpha value is -1.75. The summed E-state index contributed by atoms with van der Waals surface area (Å²) in [6.07, 6.45) is 0.921. The number of likely N-dealkylation sites (tertiary alicyclic amines) is 1. The summed E-state index contributed by atoms with van der Waals surface area (Å²) in [7, 11) is 0. The lowest BCUT2D eigenvalue weighted by Gasteiger charge is -2.31. The fourth-order valence-electron chi connectivity index (χ4n) is 2.92. The van der Waals surface area contributed by atoms with Gasteiger partial charge in [0.25, 0.3) is 0 Å². The van der Waals surface area contributed by atoms with Gasteiger partial charge in [-0.2, -0.15) is 0 Å². The van der Waals surface area contributed by atoms with E-state index in [2.05, 4.69) is 0 Å². The normalized spacial score (nSPS) is 19.5. The Bertz CT molecular complexity index is 597. The second kappa shape index (κ2) is 6.79. The molecule has 0 spiro atoms. The maximum Gasteiger partial charge on any atom is 0.410 e. The lowest BCUT2D eigenvalue weighted by molar-refractivity contribution is -0.140. The van der Waals surface area contributed by atoms with E-state index in [1.165, 1.54) is 4.90 Å². The number of carboxylic acids is 1. The minimum atomic E-state index is -0.965. The highest BCUT2D eigenvalue weighted by atomic mass is 35.5. The van der Waals surface area contributed by atoms with E-state index >= 15 is 0 Å². The number of hydrogen-bond donors (Lipinski definition) is 1. The number of ether oxygens (including phenoxy) is 1. The Morgan fingerprint density at radius 3 is 2.65 bits per heavy atom. The van der Waals surface area contributed by atoms with E-state index in [9.17, 15) is 14.7 Å². The molecular weight excluding hydrogens is 318 g/mol. The minimum Gasteiger partial charge on any atom is -0.481 e. The van der Waals surface area contributed by atoms with Crippen LogP contribution < -0.4 is 0 Å². The monoisotopic (exact) mass is 339 g/mol. The average Bonchev–Trinajstić information content (AvgIpc) is 2.85. The van der Waals surface area contributed by atoms with Crippen LogP contribution in [0.2, 0.25) is 5.02 Å². The number of nitrogens with zero attached hydrogens (tertiary/aromatic N) is 1. The molecule has 1 aliphatic rings. The average molecular weight is 340 g/mol. The van der Waals surface area contributed by atoms with Gasteiger partial charge >= 0.3 is 12.1 Å². The Balaban J connectivity index is 2.28. The molecule has 1 aliphatic heterocycles. The highest BCUT2D eigenvalue weighted by Crippen LogP contribution is 2.33. The highest BCUT2D eigenvalue weighted by Gasteiger charge is 2.41. The van der Waals surface area contributed by atoms with Crippen LogP contribution in [0.5, 0.6) is 0 Å². The van der Waals surface area contributed by atoms with Crippen molar-refractivity contribution in [3.63, 3.8) is 0 Å². The molecule has 1 aromatic rings. The Morgan fingerprint density at radius 2 is 2.09 bits per heavy atom. The molecule has 6 heteroatoms. The number of amides is 1. The van der Waals surface area contributed by atoms with Crippen LogP contribution >= 0.6 is 11.6 Å². The van der Waals surface area contributed by atoms with Crippen LogP contribution in [-0.4, -0.2) is 40.3 Å². The van der Waals surface area contributed by atoms with Crippen LogP contribution in [-0.2, 0) is 9.53 Å². The van der Waals surface area contributed by atoms with E-state index in [-0.39, 0.29) is 0 Å². The number of halogens is 1. The number of carboxylic acid groups (broad SMARTS) is 1. The van der Waals surface area contributed by atoms with Crippen LogP contribution in [0.3, 0.4) is 0 Å². The Kier molecular flexibility index (Phi) is 5.19. The first-order chi connectivity index (χ1) is 10.7. The van der Waals surface area contributed by atoms with Gasteiger partial charge in [-0.25, -0.2) is 4.79 Å². The molecule has 2 atom stereocenters. The summed E-state index contributed by atoms with van der Waals surface area (Å²) in [6.45, 7) is 5.88. The molecule has 1 fully saturated rings. The van der Waals surface area contributed by atoms with E-state index in [1.807, 2.05) is 0 Å². The van der Waals surface area contributed by atoms with Gasteiger partial charge < -0.3 is 14.7 Å². The molecule has 1 heterocycles. The largest absolute Gasteiger partial charge is 0.481 e. The molecule has 5 nitrogen and oxygen atoms in total. The van der Waals surface area contributed by atoms with Gasteiger partial charge in [0.1, 0.15) is 11.5 Å². The molecule has 0 saturated carbocycles. The molecule has 0 unspecified atom stereocenters. The zero-order chi connectivity index (χ0) is 17.2. The molecule has 1 saturated heterocycles. The van der Waals surface area contributed by atoms with Gasteiger partial charge in [-0.15, -0.1) is 0 Å². The first-order valence-corrected chi connectivity index (χ1v) is 8.05. The van der Waals surface area contributed by atoms with Gasteiger partial charge in [-0.1, -0.05) is 23.7 Å². The van der Waals surface area contributed by atoms with Crippen LogP contribution in [0, 0.1) is 0 Å². The van der Waals surface area contributed by atoms with Crippen molar-refractivity contribution in [2.45, 2.75) is 51.2 Å². The molecule has 1 N–H and O–H groups in total. The third-order valence-corrected chi connectivity index (χ3v) is 4.02. The van der Waals surface area contributed by atoms with Crippen molar-refractivity contribution in [2.24, 2.45) is 0 Å². The van der Waals surface area contributed by atoms with Crippen molar-refractivity contribution < 1.29 is 19.4 Å². The molecule has 0 radical (unpaired) electrons. The van der Waals surface area contributed by atoms with Crippen molar-refractivity contribution >= 4 is 23.7 Å². The summed E-state index contributed by atoms with van der Waals surface area (Å²) in [5, 5.41) is 10.2.